The van der Waals surface area contributed by atoms with E-state index < -0.39 is 64.1 Å². The van der Waals surface area contributed by atoms with Crippen LogP contribution in [0.1, 0.15) is 48.2 Å². The molecule has 0 radical (unpaired) electrons. The van der Waals surface area contributed by atoms with Crippen molar-refractivity contribution in [2.75, 3.05) is 0 Å². The predicted octanol–water partition coefficient (Wildman–Crippen LogP) is 6.08. The summed E-state index contributed by atoms with van der Waals surface area (Å²) in [6, 6.07) is 8.91. The highest BCUT2D eigenvalue weighted by atomic mass is 35.5. The van der Waals surface area contributed by atoms with Gasteiger partial charge in [-0.3, -0.25) is 14.4 Å². The number of amides is 2. The SMILES string of the molecule is CC1(C)CC(=O)C2=C(C1)N(Cc1ccccc1Cl)C(=O)[C@]2(NC(=O)c1cccc(C(F)(F)F)c1)C(F)(F)F. The minimum atomic E-state index is -5.51. The van der Waals surface area contributed by atoms with E-state index in [-0.39, 0.29) is 23.6 Å². The maximum absolute atomic E-state index is 14.9. The quantitative estimate of drug-likeness (QED) is 0.463. The zero-order valence-corrected chi connectivity index (χ0v) is 20.8. The van der Waals surface area contributed by atoms with Gasteiger partial charge in [-0.1, -0.05) is 49.7 Å². The Morgan fingerprint density at radius 3 is 2.26 bits per heavy atom. The van der Waals surface area contributed by atoms with E-state index in [9.17, 15) is 40.7 Å². The van der Waals surface area contributed by atoms with Gasteiger partial charge in [0.1, 0.15) is 0 Å². The molecule has 0 spiro atoms. The molecule has 0 saturated carbocycles. The minimum absolute atomic E-state index is 0.0957. The molecule has 1 aliphatic heterocycles. The molecule has 4 rings (SSSR count). The highest BCUT2D eigenvalue weighted by Crippen LogP contribution is 2.52. The summed E-state index contributed by atoms with van der Waals surface area (Å²) >= 11 is 6.18. The number of halogens is 7. The lowest BCUT2D eigenvalue weighted by molar-refractivity contribution is -0.190. The summed E-state index contributed by atoms with van der Waals surface area (Å²) in [6.45, 7) is 2.89. The molecule has 12 heteroatoms. The van der Waals surface area contributed by atoms with E-state index in [4.69, 9.17) is 11.6 Å². The van der Waals surface area contributed by atoms with E-state index in [2.05, 4.69) is 0 Å². The van der Waals surface area contributed by atoms with Gasteiger partial charge in [-0.25, -0.2) is 0 Å². The van der Waals surface area contributed by atoms with Crippen LogP contribution in [0.15, 0.2) is 59.8 Å². The van der Waals surface area contributed by atoms with Crippen molar-refractivity contribution in [1.29, 1.82) is 0 Å². The summed E-state index contributed by atoms with van der Waals surface area (Å²) in [5.74, 6) is -4.22. The lowest BCUT2D eigenvalue weighted by atomic mass is 9.72. The fourth-order valence-corrected chi connectivity index (χ4v) is 5.06. The lowest BCUT2D eigenvalue weighted by Crippen LogP contribution is -2.66. The zero-order chi connectivity index (χ0) is 28.3. The monoisotopic (exact) mass is 558 g/mol. The smallest absolute Gasteiger partial charge is 0.326 e. The summed E-state index contributed by atoms with van der Waals surface area (Å²) in [5, 5.41) is 1.80. The van der Waals surface area contributed by atoms with Crippen LogP contribution in [0.5, 0.6) is 0 Å². The number of carbonyl (C=O) groups excluding carboxylic acids is 3. The number of nitrogens with zero attached hydrogens (tertiary/aromatic N) is 1. The van der Waals surface area contributed by atoms with Gasteiger partial charge in [-0.2, -0.15) is 26.3 Å². The maximum Gasteiger partial charge on any atom is 0.425 e. The third-order valence-electron chi connectivity index (χ3n) is 6.58. The van der Waals surface area contributed by atoms with Gasteiger partial charge >= 0.3 is 12.4 Å². The van der Waals surface area contributed by atoms with Crippen LogP contribution in [0, 0.1) is 5.41 Å². The second-order valence-corrected chi connectivity index (χ2v) is 10.4. The number of carbonyl (C=O) groups is 3. The molecule has 0 unspecified atom stereocenters. The van der Waals surface area contributed by atoms with Gasteiger partial charge in [0, 0.05) is 22.7 Å². The molecule has 1 N–H and O–H groups in total. The molecule has 2 aromatic carbocycles. The molecule has 1 atom stereocenters. The van der Waals surface area contributed by atoms with Crippen LogP contribution in [0.3, 0.4) is 0 Å². The van der Waals surface area contributed by atoms with Crippen molar-refractivity contribution in [3.05, 3.63) is 81.5 Å². The molecule has 0 fully saturated rings. The van der Waals surface area contributed by atoms with Crippen LogP contribution in [0.2, 0.25) is 5.02 Å². The highest BCUT2D eigenvalue weighted by Gasteiger charge is 2.71. The van der Waals surface area contributed by atoms with Crippen LogP contribution in [0.4, 0.5) is 26.3 Å². The largest absolute Gasteiger partial charge is 0.425 e. The highest BCUT2D eigenvalue weighted by molar-refractivity contribution is 6.31. The van der Waals surface area contributed by atoms with Crippen molar-refractivity contribution in [3.8, 4) is 0 Å². The molecule has 38 heavy (non-hydrogen) atoms. The van der Waals surface area contributed by atoms with Crippen molar-refractivity contribution in [2.24, 2.45) is 5.41 Å². The van der Waals surface area contributed by atoms with Gasteiger partial charge in [0.25, 0.3) is 11.8 Å². The van der Waals surface area contributed by atoms with Crippen molar-refractivity contribution in [3.63, 3.8) is 0 Å². The summed E-state index contributed by atoms with van der Waals surface area (Å²) in [7, 11) is 0. The third kappa shape index (κ3) is 4.68. The molecule has 0 aromatic heterocycles. The zero-order valence-electron chi connectivity index (χ0n) is 20.1. The van der Waals surface area contributed by atoms with E-state index in [0.29, 0.717) is 17.7 Å². The summed E-state index contributed by atoms with van der Waals surface area (Å²) < 4.78 is 84.1. The van der Waals surface area contributed by atoms with Gasteiger partial charge in [-0.05, 0) is 41.7 Å². The van der Waals surface area contributed by atoms with Gasteiger partial charge in [-0.15, -0.1) is 0 Å². The first-order valence-corrected chi connectivity index (χ1v) is 11.7. The number of rotatable bonds is 4. The first-order valence-electron chi connectivity index (χ1n) is 11.4. The Kier molecular flexibility index (Phi) is 6.66. The standard InChI is InChI=1S/C26H21ClF6N2O3/c1-23(2)11-18-20(19(36)12-23)24(26(31,32)33,22(38)35(18)13-15-6-3-4-9-17(15)27)34-21(37)14-7-5-8-16(10-14)25(28,29)30/h3-10H,11-13H2,1-2H3,(H,34,37)/t24-/m0/s1. The summed E-state index contributed by atoms with van der Waals surface area (Å²) in [5.41, 5.74) is -7.46. The summed E-state index contributed by atoms with van der Waals surface area (Å²) in [4.78, 5) is 40.7. The number of benzene rings is 2. The van der Waals surface area contributed by atoms with Crippen LogP contribution >= 0.6 is 11.6 Å². The number of nitrogens with one attached hydrogen (secondary N) is 1. The Morgan fingerprint density at radius 2 is 1.66 bits per heavy atom. The van der Waals surface area contributed by atoms with E-state index in [0.717, 1.165) is 17.0 Å². The van der Waals surface area contributed by atoms with Crippen LogP contribution in [-0.4, -0.2) is 34.2 Å². The first kappa shape index (κ1) is 27.7. The van der Waals surface area contributed by atoms with Gasteiger partial charge in [0.2, 0.25) is 5.54 Å². The molecule has 0 saturated heterocycles. The third-order valence-corrected chi connectivity index (χ3v) is 6.95. The van der Waals surface area contributed by atoms with Crippen molar-refractivity contribution in [2.45, 2.75) is 51.1 Å². The number of hydrogen-bond donors (Lipinski definition) is 1. The molecule has 2 aliphatic rings. The number of alkyl halides is 6. The van der Waals surface area contributed by atoms with E-state index in [1.165, 1.54) is 12.1 Å². The van der Waals surface area contributed by atoms with Crippen LogP contribution < -0.4 is 5.32 Å². The molecule has 1 aliphatic carbocycles. The average molecular weight is 559 g/mol. The Morgan fingerprint density at radius 1 is 1.00 bits per heavy atom. The fraction of sp³-hybridized carbons (Fsp3) is 0.346. The number of ketones is 1. The Labute approximate surface area is 218 Å². The Bertz CT molecular complexity index is 1370. The molecule has 5 nitrogen and oxygen atoms in total. The second kappa shape index (κ2) is 9.14. The van der Waals surface area contributed by atoms with E-state index in [1.54, 1.807) is 31.3 Å². The topological polar surface area (TPSA) is 66.5 Å². The molecule has 202 valence electrons. The van der Waals surface area contributed by atoms with Gasteiger partial charge < -0.3 is 10.2 Å². The van der Waals surface area contributed by atoms with E-state index >= 15 is 0 Å². The molecule has 2 amide bonds. The van der Waals surface area contributed by atoms with Crippen molar-refractivity contribution < 1.29 is 40.7 Å². The number of allylic oxidation sites excluding steroid dienone is 1. The minimum Gasteiger partial charge on any atom is -0.326 e. The molecular formula is C26H21ClF6N2O3. The van der Waals surface area contributed by atoms with E-state index in [1.807, 2.05) is 0 Å². The molecule has 1 heterocycles. The molecule has 2 aromatic rings. The first-order chi connectivity index (χ1) is 17.5. The molecule has 0 bridgehead atoms. The average Bonchev–Trinajstić information content (AvgIpc) is 3.02. The van der Waals surface area contributed by atoms with Crippen LogP contribution in [-0.2, 0) is 22.3 Å². The second-order valence-electron chi connectivity index (χ2n) is 10.0. The Hall–Kier alpha value is -3.34. The summed E-state index contributed by atoms with van der Waals surface area (Å²) in [6.07, 6.45) is -10.8. The normalized spacial score (nSPS) is 21.6. The maximum atomic E-state index is 14.9. The lowest BCUT2D eigenvalue weighted by Gasteiger charge is -2.35. The molecular weight excluding hydrogens is 538 g/mol. The van der Waals surface area contributed by atoms with Crippen molar-refractivity contribution >= 4 is 29.2 Å². The fourth-order valence-electron chi connectivity index (χ4n) is 4.87. The van der Waals surface area contributed by atoms with Gasteiger partial charge in [0.05, 0.1) is 17.7 Å². The predicted molar refractivity (Wildman–Crippen MR) is 125 cm³/mol. The van der Waals surface area contributed by atoms with Gasteiger partial charge in [0.15, 0.2) is 5.78 Å². The van der Waals surface area contributed by atoms with Crippen molar-refractivity contribution in [1.82, 2.24) is 10.2 Å². The Balaban J connectivity index is 1.87. The number of Topliss-reactive ketones (excluding diaryl/α,β-unsaturated/α-hetero) is 1. The number of hydrogen-bond acceptors (Lipinski definition) is 3. The van der Waals surface area contributed by atoms with Crippen LogP contribution in [0.25, 0.3) is 0 Å².